The van der Waals surface area contributed by atoms with E-state index in [4.69, 9.17) is 40.7 Å². The van der Waals surface area contributed by atoms with Gasteiger partial charge in [-0.05, 0) is 29.0 Å². The number of nitrogens with zero attached hydrogens (tertiary/aromatic N) is 2. The zero-order valence-corrected chi connectivity index (χ0v) is 22.2. The summed E-state index contributed by atoms with van der Waals surface area (Å²) in [6.07, 6.45) is 4.17. The van der Waals surface area contributed by atoms with Gasteiger partial charge >= 0.3 is 6.15 Å². The molecule has 0 aromatic heterocycles. The van der Waals surface area contributed by atoms with E-state index in [1.807, 2.05) is 6.07 Å². The van der Waals surface area contributed by atoms with Gasteiger partial charge in [0.15, 0.2) is 0 Å². The predicted octanol–water partition coefficient (Wildman–Crippen LogP) is 5.07. The molecule has 8 nitrogen and oxygen atoms in total. The van der Waals surface area contributed by atoms with Crippen LogP contribution in [0.4, 0.5) is 0 Å². The average Bonchev–Trinajstić information content (AvgIpc) is 3.26. The first-order chi connectivity index (χ1) is 17.6. The molecule has 0 atom stereocenters. The van der Waals surface area contributed by atoms with Crippen LogP contribution in [0.5, 0.6) is 5.75 Å². The highest BCUT2D eigenvalue weighted by Crippen LogP contribution is 2.43. The Morgan fingerprint density at radius 2 is 1.76 bits per heavy atom. The highest BCUT2D eigenvalue weighted by Gasteiger charge is 2.42. The SMILES string of the molecule is CC(=O)O.CC1(C)CCOc2c(Cl)cc(CN3CCC4(CC3)CC(c3ccccc3)=NO4)cc21.O=C=O. The van der Waals surface area contributed by atoms with Gasteiger partial charge in [0.05, 0.1) is 17.3 Å². The van der Waals surface area contributed by atoms with Crippen LogP contribution < -0.4 is 4.74 Å². The van der Waals surface area contributed by atoms with Crippen molar-refractivity contribution in [3.05, 3.63) is 64.2 Å². The lowest BCUT2D eigenvalue weighted by Gasteiger charge is -2.38. The number of halogens is 1. The highest BCUT2D eigenvalue weighted by atomic mass is 35.5. The molecule has 1 saturated heterocycles. The van der Waals surface area contributed by atoms with Gasteiger partial charge in [0.2, 0.25) is 0 Å². The van der Waals surface area contributed by atoms with E-state index < -0.39 is 5.97 Å². The van der Waals surface area contributed by atoms with Gasteiger partial charge in [0, 0.05) is 51.4 Å². The molecule has 1 fully saturated rings. The molecule has 0 aliphatic carbocycles. The molecule has 5 rings (SSSR count). The van der Waals surface area contributed by atoms with Crippen molar-refractivity contribution in [2.24, 2.45) is 5.16 Å². The van der Waals surface area contributed by atoms with Crippen LogP contribution in [0.2, 0.25) is 5.02 Å². The Bertz CT molecular complexity index is 1150. The molecule has 3 aliphatic rings. The predicted molar refractivity (Wildman–Crippen MR) is 139 cm³/mol. The van der Waals surface area contributed by atoms with E-state index in [0.717, 1.165) is 75.3 Å². The van der Waals surface area contributed by atoms with Gasteiger partial charge in [-0.1, -0.05) is 67.0 Å². The van der Waals surface area contributed by atoms with Gasteiger partial charge in [-0.25, -0.2) is 0 Å². The Balaban J connectivity index is 0.000000488. The van der Waals surface area contributed by atoms with Crippen LogP contribution in [0.1, 0.15) is 63.1 Å². The smallest absolute Gasteiger partial charge is 0.373 e. The second-order valence-electron chi connectivity index (χ2n) is 10.2. The third-order valence-corrected chi connectivity index (χ3v) is 7.21. The van der Waals surface area contributed by atoms with Crippen molar-refractivity contribution >= 4 is 29.4 Å². The molecule has 2 aromatic rings. The number of ether oxygens (including phenoxy) is 1. The third kappa shape index (κ3) is 7.41. The molecule has 9 heteroatoms. The molecule has 0 bridgehead atoms. The minimum absolute atomic E-state index is 0.0993. The van der Waals surface area contributed by atoms with Crippen molar-refractivity contribution < 1.29 is 29.1 Å². The van der Waals surface area contributed by atoms with E-state index in [1.165, 1.54) is 16.7 Å². The lowest BCUT2D eigenvalue weighted by molar-refractivity contribution is -0.191. The van der Waals surface area contributed by atoms with Crippen LogP contribution in [-0.4, -0.2) is 53.1 Å². The number of hydrogen-bond acceptors (Lipinski definition) is 7. The number of likely N-dealkylation sites (tertiary alicyclic amines) is 1. The molecule has 0 saturated carbocycles. The van der Waals surface area contributed by atoms with Crippen LogP contribution >= 0.6 is 11.6 Å². The summed E-state index contributed by atoms with van der Waals surface area (Å²) in [6.45, 7) is 9.30. The fourth-order valence-corrected chi connectivity index (χ4v) is 5.18. The molecular weight excluding hydrogens is 496 g/mol. The number of aliphatic carboxylic acids is 1. The summed E-state index contributed by atoms with van der Waals surface area (Å²) in [7, 11) is 0. The molecule has 2 aromatic carbocycles. The Kier molecular flexibility index (Phi) is 9.49. The van der Waals surface area contributed by atoms with Crippen molar-refractivity contribution in [3.63, 3.8) is 0 Å². The molecular formula is C28H33ClN2O6. The Hall–Kier alpha value is -3.19. The van der Waals surface area contributed by atoms with Crippen molar-refractivity contribution in [2.75, 3.05) is 19.7 Å². The first-order valence-corrected chi connectivity index (χ1v) is 12.6. The second kappa shape index (κ2) is 12.4. The molecule has 198 valence electrons. The van der Waals surface area contributed by atoms with Crippen LogP contribution in [0.25, 0.3) is 0 Å². The van der Waals surface area contributed by atoms with Crippen molar-refractivity contribution in [1.29, 1.82) is 0 Å². The monoisotopic (exact) mass is 528 g/mol. The fraction of sp³-hybridized carbons (Fsp3) is 0.464. The summed E-state index contributed by atoms with van der Waals surface area (Å²) in [4.78, 5) is 33.7. The Morgan fingerprint density at radius 3 is 2.38 bits per heavy atom. The zero-order chi connectivity index (χ0) is 27.1. The summed E-state index contributed by atoms with van der Waals surface area (Å²) >= 11 is 6.59. The van der Waals surface area contributed by atoms with Gasteiger partial charge in [0.25, 0.3) is 5.97 Å². The van der Waals surface area contributed by atoms with E-state index in [9.17, 15) is 0 Å². The molecule has 0 amide bonds. The second-order valence-corrected chi connectivity index (χ2v) is 10.6. The topological polar surface area (TPSA) is 106 Å². The van der Waals surface area contributed by atoms with E-state index in [2.05, 4.69) is 60.3 Å². The number of carboxylic acids is 1. The summed E-state index contributed by atoms with van der Waals surface area (Å²) in [6, 6.07) is 14.8. The lowest BCUT2D eigenvalue weighted by atomic mass is 9.79. The summed E-state index contributed by atoms with van der Waals surface area (Å²) in [5.41, 5.74) is 4.72. The molecule has 37 heavy (non-hydrogen) atoms. The van der Waals surface area contributed by atoms with Crippen molar-refractivity contribution in [3.8, 4) is 5.75 Å². The van der Waals surface area contributed by atoms with Crippen LogP contribution in [0.15, 0.2) is 47.6 Å². The number of carboxylic acid groups (broad SMARTS) is 1. The summed E-state index contributed by atoms with van der Waals surface area (Å²) < 4.78 is 5.87. The molecule has 3 heterocycles. The molecule has 0 unspecified atom stereocenters. The standard InChI is InChI=1S/C25H29ClN2O2.C2H4O2.CO2/c1-24(2)10-13-29-23-20(24)14-18(15-21(23)26)17-28-11-8-25(9-12-28)16-22(27-30-25)19-6-4-3-5-7-19;1-2(3)4;2-1-3/h3-7,14-15H,8-13,16-17H2,1-2H3;1H3,(H,3,4);. The maximum atomic E-state index is 9.00. The average molecular weight is 529 g/mol. The number of carbonyl (C=O) groups is 1. The number of hydrogen-bond donors (Lipinski definition) is 1. The Labute approximate surface area is 222 Å². The molecule has 1 spiro atoms. The number of benzene rings is 2. The highest BCUT2D eigenvalue weighted by molar-refractivity contribution is 6.32. The molecule has 0 radical (unpaired) electrons. The summed E-state index contributed by atoms with van der Waals surface area (Å²) in [5.74, 6) is 0.0409. The fourth-order valence-electron chi connectivity index (χ4n) is 4.89. The zero-order valence-electron chi connectivity index (χ0n) is 21.5. The normalized spacial score (nSPS) is 18.9. The number of fused-ring (bicyclic) bond motifs is 1. The van der Waals surface area contributed by atoms with E-state index in [0.29, 0.717) is 0 Å². The molecule has 1 N–H and O–H groups in total. The van der Waals surface area contributed by atoms with E-state index >= 15 is 0 Å². The van der Waals surface area contributed by atoms with Crippen molar-refractivity contribution in [1.82, 2.24) is 4.90 Å². The maximum Gasteiger partial charge on any atom is 0.373 e. The van der Waals surface area contributed by atoms with Crippen LogP contribution in [0, 0.1) is 0 Å². The van der Waals surface area contributed by atoms with Gasteiger partial charge in [-0.3, -0.25) is 9.69 Å². The third-order valence-electron chi connectivity index (χ3n) is 6.93. The minimum Gasteiger partial charge on any atom is -0.492 e. The van der Waals surface area contributed by atoms with Crippen LogP contribution in [-0.2, 0) is 31.2 Å². The number of oxime groups is 1. The number of piperidine rings is 1. The first-order valence-electron chi connectivity index (χ1n) is 12.3. The molecule has 3 aliphatic heterocycles. The minimum atomic E-state index is -0.833. The van der Waals surface area contributed by atoms with Gasteiger partial charge in [-0.2, -0.15) is 9.59 Å². The number of carbonyl (C=O) groups excluding carboxylic acids is 2. The number of rotatable bonds is 3. The quantitative estimate of drug-likeness (QED) is 0.593. The van der Waals surface area contributed by atoms with E-state index in [-0.39, 0.29) is 17.2 Å². The van der Waals surface area contributed by atoms with E-state index in [1.54, 1.807) is 0 Å². The maximum absolute atomic E-state index is 9.00. The Morgan fingerprint density at radius 1 is 1.14 bits per heavy atom. The van der Waals surface area contributed by atoms with Crippen molar-refractivity contribution in [2.45, 2.75) is 64.0 Å². The lowest BCUT2D eigenvalue weighted by Crippen LogP contribution is -2.44. The largest absolute Gasteiger partial charge is 0.492 e. The van der Waals surface area contributed by atoms with Crippen LogP contribution in [0.3, 0.4) is 0 Å². The van der Waals surface area contributed by atoms with Gasteiger partial charge in [0.1, 0.15) is 11.4 Å². The summed E-state index contributed by atoms with van der Waals surface area (Å²) in [5, 5.41) is 12.6. The van der Waals surface area contributed by atoms with Gasteiger partial charge < -0.3 is 14.7 Å². The first kappa shape index (κ1) is 28.4. The van der Waals surface area contributed by atoms with Gasteiger partial charge in [-0.15, -0.1) is 0 Å².